The van der Waals surface area contributed by atoms with Gasteiger partial charge in [0.15, 0.2) is 5.11 Å². The molecule has 0 unspecified atom stereocenters. The smallest absolute Gasteiger partial charge is 0.168 e. The van der Waals surface area contributed by atoms with Crippen molar-refractivity contribution in [2.45, 2.75) is 6.42 Å². The van der Waals surface area contributed by atoms with E-state index in [1.807, 2.05) is 24.3 Å². The van der Waals surface area contributed by atoms with Gasteiger partial charge in [-0.1, -0.05) is 17.0 Å². The van der Waals surface area contributed by atoms with Crippen molar-refractivity contribution >= 4 is 23.0 Å². The predicted molar refractivity (Wildman–Crippen MR) is 72.4 cm³/mol. The molecular weight excluding hydrogens is 234 g/mol. The first-order valence-electron chi connectivity index (χ1n) is 4.88. The van der Waals surface area contributed by atoms with E-state index >= 15 is 0 Å². The quantitative estimate of drug-likeness (QED) is 0.214. The Morgan fingerprint density at radius 1 is 1.47 bits per heavy atom. The van der Waals surface area contributed by atoms with Gasteiger partial charge in [-0.25, -0.2) is 0 Å². The standard InChI is InChI=1S/C11H11N5S/c12-11(17)15-10-6-4-9(5-7-10)3-1-2-8-14-16-13/h4-7H,2,8H2,(H3,12,15,17). The van der Waals surface area contributed by atoms with Crippen molar-refractivity contribution in [3.8, 4) is 11.8 Å². The Hall–Kier alpha value is -2.22. The minimum atomic E-state index is 0.234. The molecule has 0 aliphatic heterocycles. The van der Waals surface area contributed by atoms with Gasteiger partial charge in [0, 0.05) is 29.1 Å². The van der Waals surface area contributed by atoms with Crippen molar-refractivity contribution in [1.82, 2.24) is 0 Å². The first-order valence-corrected chi connectivity index (χ1v) is 5.29. The minimum absolute atomic E-state index is 0.234. The monoisotopic (exact) mass is 245 g/mol. The lowest BCUT2D eigenvalue weighted by atomic mass is 10.2. The first kappa shape index (κ1) is 12.8. The van der Waals surface area contributed by atoms with Crippen LogP contribution in [-0.4, -0.2) is 11.7 Å². The van der Waals surface area contributed by atoms with Crippen LogP contribution in [0.3, 0.4) is 0 Å². The van der Waals surface area contributed by atoms with Crippen LogP contribution in [0.2, 0.25) is 0 Å². The molecule has 5 nitrogen and oxygen atoms in total. The van der Waals surface area contributed by atoms with Gasteiger partial charge in [0.05, 0.1) is 0 Å². The largest absolute Gasteiger partial charge is 0.376 e. The highest BCUT2D eigenvalue weighted by Gasteiger charge is 1.92. The second kappa shape index (κ2) is 7.12. The van der Waals surface area contributed by atoms with Crippen LogP contribution < -0.4 is 11.1 Å². The molecule has 17 heavy (non-hydrogen) atoms. The Labute approximate surface area is 105 Å². The van der Waals surface area contributed by atoms with Crippen LogP contribution >= 0.6 is 12.2 Å². The summed E-state index contributed by atoms with van der Waals surface area (Å²) in [6.45, 7) is 0.393. The van der Waals surface area contributed by atoms with Crippen LogP contribution in [0.15, 0.2) is 29.4 Å². The summed E-state index contributed by atoms with van der Waals surface area (Å²) < 4.78 is 0. The number of hydrogen-bond acceptors (Lipinski definition) is 2. The van der Waals surface area contributed by atoms with Crippen LogP contribution in [0.4, 0.5) is 5.69 Å². The number of nitrogens with two attached hydrogens (primary N) is 1. The van der Waals surface area contributed by atoms with Crippen molar-refractivity contribution < 1.29 is 0 Å². The van der Waals surface area contributed by atoms with Gasteiger partial charge in [0.2, 0.25) is 0 Å². The van der Waals surface area contributed by atoms with Crippen molar-refractivity contribution in [3.05, 3.63) is 40.3 Å². The normalized spacial score (nSPS) is 8.47. The van der Waals surface area contributed by atoms with Crippen LogP contribution in [-0.2, 0) is 0 Å². The predicted octanol–water partition coefficient (Wildman–Crippen LogP) is 2.39. The summed E-state index contributed by atoms with van der Waals surface area (Å²) in [6, 6.07) is 7.41. The first-order chi connectivity index (χ1) is 8.22. The summed E-state index contributed by atoms with van der Waals surface area (Å²) >= 11 is 4.72. The lowest BCUT2D eigenvalue weighted by Crippen LogP contribution is -2.18. The van der Waals surface area contributed by atoms with Crippen molar-refractivity contribution in [2.24, 2.45) is 10.8 Å². The molecule has 6 heteroatoms. The highest BCUT2D eigenvalue weighted by Crippen LogP contribution is 2.08. The molecule has 0 aromatic heterocycles. The van der Waals surface area contributed by atoms with Gasteiger partial charge < -0.3 is 11.1 Å². The number of nitrogens with zero attached hydrogens (tertiary/aromatic N) is 3. The number of thiocarbonyl (C=S) groups is 1. The fourth-order valence-electron chi connectivity index (χ4n) is 1.09. The molecule has 0 spiro atoms. The average molecular weight is 245 g/mol. The molecule has 0 amide bonds. The topological polar surface area (TPSA) is 86.8 Å². The fraction of sp³-hybridized carbons (Fsp3) is 0.182. The molecule has 0 saturated carbocycles. The molecule has 0 saturated heterocycles. The summed E-state index contributed by atoms with van der Waals surface area (Å²) in [5.41, 5.74) is 15.1. The highest BCUT2D eigenvalue weighted by atomic mass is 32.1. The summed E-state index contributed by atoms with van der Waals surface area (Å²) in [4.78, 5) is 2.64. The Kier molecular flexibility index (Phi) is 5.38. The molecular formula is C11H11N5S. The van der Waals surface area contributed by atoms with Gasteiger partial charge in [0.1, 0.15) is 0 Å². The molecule has 0 heterocycles. The molecule has 0 fully saturated rings. The van der Waals surface area contributed by atoms with E-state index in [0.717, 1.165) is 11.3 Å². The fourth-order valence-corrected chi connectivity index (χ4v) is 1.21. The zero-order chi connectivity index (χ0) is 12.5. The van der Waals surface area contributed by atoms with E-state index in [4.69, 9.17) is 23.5 Å². The van der Waals surface area contributed by atoms with E-state index < -0.39 is 0 Å². The molecule has 86 valence electrons. The molecule has 1 rings (SSSR count). The second-order valence-electron chi connectivity index (χ2n) is 3.07. The summed E-state index contributed by atoms with van der Waals surface area (Å²) in [7, 11) is 0. The zero-order valence-corrected chi connectivity index (χ0v) is 9.87. The van der Waals surface area contributed by atoms with Crippen LogP contribution in [0, 0.1) is 11.8 Å². The number of hydrogen-bond donors (Lipinski definition) is 2. The molecule has 1 aromatic carbocycles. The van der Waals surface area contributed by atoms with Gasteiger partial charge in [0.25, 0.3) is 0 Å². The maximum absolute atomic E-state index is 8.07. The van der Waals surface area contributed by atoms with Gasteiger partial charge >= 0.3 is 0 Å². The summed E-state index contributed by atoms with van der Waals surface area (Å²) in [5, 5.41) is 6.45. The zero-order valence-electron chi connectivity index (χ0n) is 9.05. The lowest BCUT2D eigenvalue weighted by molar-refractivity contribution is 1.01. The number of nitrogens with one attached hydrogen (secondary N) is 1. The molecule has 0 radical (unpaired) electrons. The van der Waals surface area contributed by atoms with Gasteiger partial charge in [-0.3, -0.25) is 0 Å². The van der Waals surface area contributed by atoms with E-state index in [1.54, 1.807) is 0 Å². The van der Waals surface area contributed by atoms with Crippen LogP contribution in [0.5, 0.6) is 0 Å². The Bertz CT molecular complexity index is 491. The average Bonchev–Trinajstić information content (AvgIpc) is 2.30. The molecule has 0 aliphatic rings. The lowest BCUT2D eigenvalue weighted by Gasteiger charge is -2.02. The third kappa shape index (κ3) is 5.42. The van der Waals surface area contributed by atoms with Crippen LogP contribution in [0.25, 0.3) is 10.4 Å². The third-order valence-corrected chi connectivity index (χ3v) is 1.89. The minimum Gasteiger partial charge on any atom is -0.376 e. The second-order valence-corrected chi connectivity index (χ2v) is 3.51. The number of azide groups is 1. The highest BCUT2D eigenvalue weighted by molar-refractivity contribution is 7.80. The van der Waals surface area contributed by atoms with E-state index in [1.165, 1.54) is 0 Å². The van der Waals surface area contributed by atoms with E-state index in [9.17, 15) is 0 Å². The molecule has 0 aliphatic carbocycles. The molecule has 0 bridgehead atoms. The van der Waals surface area contributed by atoms with Gasteiger partial charge in [-0.05, 0) is 42.0 Å². The van der Waals surface area contributed by atoms with Crippen LogP contribution in [0.1, 0.15) is 12.0 Å². The molecule has 0 atom stereocenters. The van der Waals surface area contributed by atoms with Crippen molar-refractivity contribution in [2.75, 3.05) is 11.9 Å². The van der Waals surface area contributed by atoms with Gasteiger partial charge in [-0.15, -0.1) is 0 Å². The molecule has 1 aromatic rings. The Morgan fingerprint density at radius 2 is 2.18 bits per heavy atom. The maximum atomic E-state index is 8.07. The maximum Gasteiger partial charge on any atom is 0.168 e. The van der Waals surface area contributed by atoms with E-state index in [-0.39, 0.29) is 5.11 Å². The summed E-state index contributed by atoms with van der Waals surface area (Å²) in [6.07, 6.45) is 0.553. The number of benzene rings is 1. The van der Waals surface area contributed by atoms with Crippen molar-refractivity contribution in [3.63, 3.8) is 0 Å². The molecule has 3 N–H and O–H groups in total. The Balaban J connectivity index is 2.55. The third-order valence-electron chi connectivity index (χ3n) is 1.79. The van der Waals surface area contributed by atoms with Crippen molar-refractivity contribution in [1.29, 1.82) is 0 Å². The SMILES string of the molecule is [N-]=[N+]=NCCC#Cc1ccc(NC(N)=S)cc1. The van der Waals surface area contributed by atoms with Gasteiger partial charge in [-0.2, -0.15) is 0 Å². The van der Waals surface area contributed by atoms with E-state index in [0.29, 0.717) is 13.0 Å². The number of anilines is 1. The summed E-state index contributed by atoms with van der Waals surface area (Å²) in [5.74, 6) is 5.87. The van der Waals surface area contributed by atoms with E-state index in [2.05, 4.69) is 27.2 Å². The Morgan fingerprint density at radius 3 is 2.76 bits per heavy atom. The number of rotatable bonds is 3.